The molecule has 2 aromatic rings. The Hall–Kier alpha value is -3.59. The maximum absolute atomic E-state index is 12.5. The van der Waals surface area contributed by atoms with Crippen LogP contribution in [0.25, 0.3) is 6.08 Å². The van der Waals surface area contributed by atoms with E-state index < -0.39 is 0 Å². The third kappa shape index (κ3) is 6.71. The van der Waals surface area contributed by atoms with Crippen LogP contribution < -0.4 is 15.4 Å². The number of hydrogen-bond acceptors (Lipinski definition) is 4. The fourth-order valence-electron chi connectivity index (χ4n) is 3.62. The number of carbonyl (C=O) groups excluding carboxylic acids is 2. The number of nitriles is 1. The van der Waals surface area contributed by atoms with Gasteiger partial charge in [0.25, 0.3) is 11.8 Å². The van der Waals surface area contributed by atoms with Gasteiger partial charge >= 0.3 is 0 Å². The molecule has 6 nitrogen and oxygen atoms in total. The molecule has 3 rings (SSSR count). The molecule has 2 aromatic carbocycles. The van der Waals surface area contributed by atoms with Crippen molar-refractivity contribution in [1.29, 1.82) is 5.26 Å². The summed E-state index contributed by atoms with van der Waals surface area (Å²) in [5, 5.41) is 15.2. The van der Waals surface area contributed by atoms with Gasteiger partial charge in [-0.05, 0) is 54.7 Å². The summed E-state index contributed by atoms with van der Waals surface area (Å²) in [5.41, 5.74) is 1.50. The average Bonchev–Trinajstić information content (AvgIpc) is 2.79. The molecule has 1 saturated carbocycles. The van der Waals surface area contributed by atoms with Crippen molar-refractivity contribution in [1.82, 2.24) is 5.32 Å². The van der Waals surface area contributed by atoms with Gasteiger partial charge in [0.1, 0.15) is 17.4 Å². The smallest absolute Gasteiger partial charge is 0.262 e. The van der Waals surface area contributed by atoms with Crippen molar-refractivity contribution in [2.45, 2.75) is 38.6 Å². The first kappa shape index (κ1) is 22.1. The Labute approximate surface area is 182 Å². The second-order valence-corrected chi connectivity index (χ2v) is 7.78. The van der Waals surface area contributed by atoms with E-state index in [1.165, 1.54) is 6.42 Å². The molecule has 2 N–H and O–H groups in total. The quantitative estimate of drug-likeness (QED) is 0.519. The molecule has 0 bridgehead atoms. The van der Waals surface area contributed by atoms with Gasteiger partial charge in [0.2, 0.25) is 0 Å². The predicted molar refractivity (Wildman–Crippen MR) is 120 cm³/mol. The lowest BCUT2D eigenvalue weighted by molar-refractivity contribution is -0.119. The molecule has 0 spiro atoms. The minimum absolute atomic E-state index is 0.0775. The number of hydrogen-bond donors (Lipinski definition) is 2. The van der Waals surface area contributed by atoms with Crippen LogP contribution in [0.15, 0.2) is 60.2 Å². The first-order chi connectivity index (χ1) is 15.0. The van der Waals surface area contributed by atoms with E-state index in [1.807, 2.05) is 24.3 Å². The monoisotopic (exact) mass is 417 g/mol. The van der Waals surface area contributed by atoms with Gasteiger partial charge in [-0.1, -0.05) is 50.1 Å². The third-order valence-corrected chi connectivity index (χ3v) is 5.41. The van der Waals surface area contributed by atoms with Gasteiger partial charge in [0.15, 0.2) is 6.61 Å². The van der Waals surface area contributed by atoms with Crippen LogP contribution in [0.3, 0.4) is 0 Å². The summed E-state index contributed by atoms with van der Waals surface area (Å²) in [6.07, 6.45) is 5.91. The molecule has 0 heterocycles. The zero-order valence-electron chi connectivity index (χ0n) is 17.6. The summed E-state index contributed by atoms with van der Waals surface area (Å²) in [4.78, 5) is 24.5. The Morgan fingerprint density at radius 1 is 1.10 bits per heavy atom. The van der Waals surface area contributed by atoms with Gasteiger partial charge in [-0.15, -0.1) is 0 Å². The molecule has 2 amide bonds. The molecule has 6 heteroatoms. The first-order valence-corrected chi connectivity index (χ1v) is 10.6. The van der Waals surface area contributed by atoms with Gasteiger partial charge < -0.3 is 15.4 Å². The fraction of sp³-hybridized carbons (Fsp3) is 0.320. The number of ether oxygens (including phenoxy) is 1. The lowest BCUT2D eigenvalue weighted by Gasteiger charge is -2.29. The molecule has 1 aliphatic carbocycles. The third-order valence-electron chi connectivity index (χ3n) is 5.41. The highest BCUT2D eigenvalue weighted by atomic mass is 16.5. The van der Waals surface area contributed by atoms with E-state index in [0.29, 0.717) is 22.9 Å². The van der Waals surface area contributed by atoms with E-state index in [2.05, 4.69) is 17.6 Å². The van der Waals surface area contributed by atoms with Gasteiger partial charge in [0.05, 0.1) is 0 Å². The molecule has 1 aliphatic rings. The molecule has 2 atom stereocenters. The van der Waals surface area contributed by atoms with Crippen LogP contribution in [-0.4, -0.2) is 24.5 Å². The van der Waals surface area contributed by atoms with Crippen molar-refractivity contribution < 1.29 is 14.3 Å². The molecule has 0 unspecified atom stereocenters. The minimum atomic E-state index is -0.334. The van der Waals surface area contributed by atoms with Crippen LogP contribution in [0.4, 0.5) is 5.69 Å². The van der Waals surface area contributed by atoms with Crippen LogP contribution in [0.5, 0.6) is 5.75 Å². The van der Waals surface area contributed by atoms with E-state index in [9.17, 15) is 14.9 Å². The fourth-order valence-corrected chi connectivity index (χ4v) is 3.62. The van der Waals surface area contributed by atoms with E-state index in [0.717, 1.165) is 19.3 Å². The molecular weight excluding hydrogens is 390 g/mol. The molecule has 31 heavy (non-hydrogen) atoms. The highest BCUT2D eigenvalue weighted by molar-refractivity contribution is 6.01. The van der Waals surface area contributed by atoms with Crippen LogP contribution in [0.1, 0.15) is 38.2 Å². The summed E-state index contributed by atoms with van der Waals surface area (Å²) >= 11 is 0. The number of amides is 2. The standard InChI is InChI=1S/C25H27N3O3/c1-18-7-5-6-10-23(18)28-25(30)20(16-26)15-19-11-13-22(14-12-19)31-17-24(29)27-21-8-3-2-4-9-21/h2-4,8-9,11-15,18,23H,5-7,10,17H2,1H3,(H,27,29)(H,28,30)/b20-15+/t18-,23+/m1/s1. The number of para-hydroxylation sites is 1. The normalized spacial score (nSPS) is 18.5. The van der Waals surface area contributed by atoms with E-state index in [1.54, 1.807) is 42.5 Å². The van der Waals surface area contributed by atoms with Crippen molar-refractivity contribution in [3.8, 4) is 11.8 Å². The Morgan fingerprint density at radius 2 is 1.81 bits per heavy atom. The number of benzene rings is 2. The summed E-state index contributed by atoms with van der Waals surface area (Å²) < 4.78 is 5.51. The first-order valence-electron chi connectivity index (χ1n) is 10.6. The Morgan fingerprint density at radius 3 is 2.48 bits per heavy atom. The molecule has 0 aromatic heterocycles. The molecular formula is C25H27N3O3. The van der Waals surface area contributed by atoms with Gasteiger partial charge in [-0.25, -0.2) is 0 Å². The average molecular weight is 418 g/mol. The molecule has 1 fully saturated rings. The van der Waals surface area contributed by atoms with Crippen LogP contribution in [0.2, 0.25) is 0 Å². The van der Waals surface area contributed by atoms with Crippen LogP contribution in [-0.2, 0) is 9.59 Å². The van der Waals surface area contributed by atoms with Crippen LogP contribution in [0, 0.1) is 17.2 Å². The largest absolute Gasteiger partial charge is 0.484 e. The van der Waals surface area contributed by atoms with Gasteiger partial charge in [0, 0.05) is 11.7 Å². The number of anilines is 1. The lowest BCUT2D eigenvalue weighted by Crippen LogP contribution is -2.41. The summed E-state index contributed by atoms with van der Waals surface area (Å²) in [6.45, 7) is 2.02. The van der Waals surface area contributed by atoms with Gasteiger partial charge in [-0.2, -0.15) is 5.26 Å². The summed E-state index contributed by atoms with van der Waals surface area (Å²) in [7, 11) is 0. The SMILES string of the molecule is C[C@@H]1CCCC[C@@H]1NC(=O)/C(C#N)=C/c1ccc(OCC(=O)Nc2ccccc2)cc1. The maximum Gasteiger partial charge on any atom is 0.262 e. The summed E-state index contributed by atoms with van der Waals surface area (Å²) in [6, 6.07) is 18.2. The Balaban J connectivity index is 1.54. The predicted octanol–water partition coefficient (Wildman–Crippen LogP) is 4.31. The van der Waals surface area contributed by atoms with Crippen LogP contribution >= 0.6 is 0 Å². The molecule has 160 valence electrons. The van der Waals surface area contributed by atoms with Gasteiger partial charge in [-0.3, -0.25) is 9.59 Å². The van der Waals surface area contributed by atoms with Crippen molar-refractivity contribution in [3.05, 3.63) is 65.7 Å². The highest BCUT2D eigenvalue weighted by Crippen LogP contribution is 2.24. The number of rotatable bonds is 7. The van der Waals surface area contributed by atoms with E-state index in [4.69, 9.17) is 4.74 Å². The number of nitrogens with zero attached hydrogens (tertiary/aromatic N) is 1. The molecule has 0 saturated heterocycles. The second-order valence-electron chi connectivity index (χ2n) is 7.78. The minimum Gasteiger partial charge on any atom is -0.484 e. The Kier molecular flexibility index (Phi) is 7.83. The second kappa shape index (κ2) is 11.0. The zero-order valence-corrected chi connectivity index (χ0v) is 17.6. The zero-order chi connectivity index (χ0) is 22.1. The van der Waals surface area contributed by atoms with Crippen molar-refractivity contribution in [3.63, 3.8) is 0 Å². The Bertz CT molecular complexity index is 962. The summed E-state index contributed by atoms with van der Waals surface area (Å²) in [5.74, 6) is 0.363. The van der Waals surface area contributed by atoms with E-state index >= 15 is 0 Å². The molecule has 0 aliphatic heterocycles. The number of carbonyl (C=O) groups is 2. The van der Waals surface area contributed by atoms with E-state index in [-0.39, 0.29) is 30.0 Å². The maximum atomic E-state index is 12.5. The topological polar surface area (TPSA) is 91.2 Å². The lowest BCUT2D eigenvalue weighted by atomic mass is 9.86. The highest BCUT2D eigenvalue weighted by Gasteiger charge is 2.24. The number of nitrogens with one attached hydrogen (secondary N) is 2. The van der Waals surface area contributed by atoms with Crippen molar-refractivity contribution in [2.75, 3.05) is 11.9 Å². The van der Waals surface area contributed by atoms with Crippen molar-refractivity contribution >= 4 is 23.6 Å². The van der Waals surface area contributed by atoms with Crippen molar-refractivity contribution in [2.24, 2.45) is 5.92 Å². The molecule has 0 radical (unpaired) electrons.